The molecular weight excluding hydrogens is 338 g/mol. The summed E-state index contributed by atoms with van der Waals surface area (Å²) >= 11 is 0. The zero-order valence-electron chi connectivity index (χ0n) is 14.6. The number of hydrogen-bond acceptors (Lipinski definition) is 5. The molecule has 9 heteroatoms. The molecule has 138 valence electrons. The first-order chi connectivity index (χ1) is 12.4. The minimum Gasteiger partial charge on any atom is -0.484 e. The molecule has 0 aliphatic carbocycles. The van der Waals surface area contributed by atoms with Crippen LogP contribution in [0.1, 0.15) is 11.4 Å². The van der Waals surface area contributed by atoms with Gasteiger partial charge in [0.2, 0.25) is 0 Å². The minimum atomic E-state index is -0.556. The van der Waals surface area contributed by atoms with Crippen LogP contribution in [0.3, 0.4) is 0 Å². The third-order valence-electron chi connectivity index (χ3n) is 3.30. The van der Waals surface area contributed by atoms with Gasteiger partial charge in [0.05, 0.1) is 12.2 Å². The molecule has 0 aliphatic heterocycles. The lowest BCUT2D eigenvalue weighted by Gasteiger charge is -2.10. The maximum Gasteiger partial charge on any atom is 0.260 e. The second-order valence-electron chi connectivity index (χ2n) is 5.56. The predicted molar refractivity (Wildman–Crippen MR) is 92.9 cm³/mol. The zero-order chi connectivity index (χ0) is 18.9. The summed E-state index contributed by atoms with van der Waals surface area (Å²) in [7, 11) is 0. The zero-order valence-corrected chi connectivity index (χ0v) is 14.6. The molecule has 2 rings (SSSR count). The lowest BCUT2D eigenvalue weighted by Crippen LogP contribution is -2.47. The number of hydrazine groups is 1. The van der Waals surface area contributed by atoms with E-state index in [1.54, 1.807) is 24.3 Å². The first-order valence-electron chi connectivity index (χ1n) is 7.97. The van der Waals surface area contributed by atoms with Crippen LogP contribution in [-0.4, -0.2) is 40.7 Å². The Labute approximate surface area is 150 Å². The van der Waals surface area contributed by atoms with Crippen LogP contribution in [0.15, 0.2) is 36.4 Å². The van der Waals surface area contributed by atoms with Crippen molar-refractivity contribution in [1.29, 1.82) is 0 Å². The van der Waals surface area contributed by atoms with Gasteiger partial charge in [-0.2, -0.15) is 5.10 Å². The normalized spacial score (nSPS) is 10.1. The van der Waals surface area contributed by atoms with Crippen molar-refractivity contribution in [3.63, 3.8) is 0 Å². The number of aryl methyl sites for hydroxylation is 2. The van der Waals surface area contributed by atoms with Gasteiger partial charge >= 0.3 is 0 Å². The number of benzene rings is 1. The Kier molecular flexibility index (Phi) is 6.72. The van der Waals surface area contributed by atoms with Crippen molar-refractivity contribution in [2.24, 2.45) is 0 Å². The van der Waals surface area contributed by atoms with Crippen molar-refractivity contribution in [3.8, 4) is 5.75 Å². The van der Waals surface area contributed by atoms with E-state index in [0.717, 1.165) is 11.4 Å². The molecule has 3 N–H and O–H groups in total. The van der Waals surface area contributed by atoms with Crippen molar-refractivity contribution in [2.45, 2.75) is 20.4 Å². The van der Waals surface area contributed by atoms with E-state index in [1.165, 1.54) is 4.68 Å². The van der Waals surface area contributed by atoms with Gasteiger partial charge in [-0.3, -0.25) is 29.9 Å². The molecule has 0 unspecified atom stereocenters. The standard InChI is InChI=1S/C17H21N5O4/c1-12-8-13(2)22(21-12)10-16(24)20-19-15(23)9-18-17(25)11-26-14-6-4-3-5-7-14/h3-8H,9-11H2,1-2H3,(H,18,25)(H,19,23)(H,20,24). The lowest BCUT2D eigenvalue weighted by molar-refractivity contribution is -0.130. The average Bonchev–Trinajstić information content (AvgIpc) is 2.94. The molecular formula is C17H21N5O4. The monoisotopic (exact) mass is 359 g/mol. The molecule has 3 amide bonds. The predicted octanol–water partition coefficient (Wildman–Crippen LogP) is -0.157. The number of carbonyl (C=O) groups excluding carboxylic acids is 3. The molecule has 9 nitrogen and oxygen atoms in total. The Balaban J connectivity index is 1.63. The number of amides is 3. The molecule has 0 atom stereocenters. The highest BCUT2D eigenvalue weighted by molar-refractivity contribution is 5.87. The summed E-state index contributed by atoms with van der Waals surface area (Å²) in [6, 6.07) is 10.7. The Bertz CT molecular complexity index is 773. The van der Waals surface area contributed by atoms with Gasteiger partial charge in [0.25, 0.3) is 17.7 Å². The molecule has 0 saturated heterocycles. The highest BCUT2D eigenvalue weighted by Crippen LogP contribution is 2.07. The fraction of sp³-hybridized carbons (Fsp3) is 0.294. The third kappa shape index (κ3) is 6.27. The molecule has 26 heavy (non-hydrogen) atoms. The van der Waals surface area contributed by atoms with E-state index >= 15 is 0 Å². The van der Waals surface area contributed by atoms with Crippen LogP contribution in [0.4, 0.5) is 0 Å². The van der Waals surface area contributed by atoms with Crippen LogP contribution in [-0.2, 0) is 20.9 Å². The number of para-hydroxylation sites is 1. The van der Waals surface area contributed by atoms with E-state index in [1.807, 2.05) is 26.0 Å². The van der Waals surface area contributed by atoms with Gasteiger partial charge in [-0.25, -0.2) is 0 Å². The summed E-state index contributed by atoms with van der Waals surface area (Å²) in [5, 5.41) is 6.55. The van der Waals surface area contributed by atoms with Gasteiger partial charge in [0.1, 0.15) is 12.3 Å². The Hall–Kier alpha value is -3.36. The van der Waals surface area contributed by atoms with Crippen LogP contribution in [0.2, 0.25) is 0 Å². The quantitative estimate of drug-likeness (QED) is 0.595. The van der Waals surface area contributed by atoms with E-state index in [-0.39, 0.29) is 19.7 Å². The maximum absolute atomic E-state index is 11.8. The van der Waals surface area contributed by atoms with Crippen LogP contribution in [0.5, 0.6) is 5.75 Å². The molecule has 0 aliphatic rings. The van der Waals surface area contributed by atoms with E-state index in [2.05, 4.69) is 21.3 Å². The molecule has 2 aromatic rings. The number of rotatable bonds is 7. The first-order valence-corrected chi connectivity index (χ1v) is 7.97. The van der Waals surface area contributed by atoms with Gasteiger partial charge in [0.15, 0.2) is 6.61 Å². The molecule has 0 spiro atoms. The fourth-order valence-corrected chi connectivity index (χ4v) is 2.09. The number of aromatic nitrogens is 2. The average molecular weight is 359 g/mol. The van der Waals surface area contributed by atoms with Crippen LogP contribution in [0, 0.1) is 13.8 Å². The molecule has 0 saturated carbocycles. The van der Waals surface area contributed by atoms with Gasteiger partial charge < -0.3 is 10.1 Å². The topological polar surface area (TPSA) is 114 Å². The van der Waals surface area contributed by atoms with Crippen molar-refractivity contribution < 1.29 is 19.1 Å². The summed E-state index contributed by atoms with van der Waals surface area (Å²) in [4.78, 5) is 35.1. The van der Waals surface area contributed by atoms with Gasteiger partial charge in [0, 0.05) is 5.69 Å². The fourth-order valence-electron chi connectivity index (χ4n) is 2.09. The number of nitrogens with zero attached hydrogens (tertiary/aromatic N) is 2. The Morgan fingerprint density at radius 2 is 1.73 bits per heavy atom. The molecule has 1 aromatic carbocycles. The molecule has 1 aromatic heterocycles. The van der Waals surface area contributed by atoms with Gasteiger partial charge in [-0.1, -0.05) is 18.2 Å². The number of carbonyl (C=O) groups is 3. The number of nitrogens with one attached hydrogen (secondary N) is 3. The highest BCUT2D eigenvalue weighted by atomic mass is 16.5. The summed E-state index contributed by atoms with van der Waals surface area (Å²) in [5.41, 5.74) is 6.14. The molecule has 0 bridgehead atoms. The van der Waals surface area contributed by atoms with Crippen LogP contribution in [0.25, 0.3) is 0 Å². The van der Waals surface area contributed by atoms with E-state index in [9.17, 15) is 14.4 Å². The second kappa shape index (κ2) is 9.21. The smallest absolute Gasteiger partial charge is 0.260 e. The Morgan fingerprint density at radius 3 is 2.38 bits per heavy atom. The summed E-state index contributed by atoms with van der Waals surface area (Å²) in [5.74, 6) is -0.871. The van der Waals surface area contributed by atoms with Gasteiger partial charge in [-0.15, -0.1) is 0 Å². The SMILES string of the molecule is Cc1cc(C)n(CC(=O)NNC(=O)CNC(=O)COc2ccccc2)n1. The van der Waals surface area contributed by atoms with Crippen molar-refractivity contribution >= 4 is 17.7 Å². The largest absolute Gasteiger partial charge is 0.484 e. The van der Waals surface area contributed by atoms with Crippen molar-refractivity contribution in [1.82, 2.24) is 25.9 Å². The van der Waals surface area contributed by atoms with E-state index in [0.29, 0.717) is 5.75 Å². The summed E-state index contributed by atoms with van der Waals surface area (Å²) < 4.78 is 6.78. The van der Waals surface area contributed by atoms with Gasteiger partial charge in [-0.05, 0) is 32.0 Å². The third-order valence-corrected chi connectivity index (χ3v) is 3.30. The number of ether oxygens (including phenoxy) is 1. The molecule has 0 fully saturated rings. The maximum atomic E-state index is 11.8. The highest BCUT2D eigenvalue weighted by Gasteiger charge is 2.10. The lowest BCUT2D eigenvalue weighted by atomic mass is 10.3. The molecule has 1 heterocycles. The van der Waals surface area contributed by atoms with Crippen molar-refractivity contribution in [2.75, 3.05) is 13.2 Å². The van der Waals surface area contributed by atoms with E-state index < -0.39 is 17.7 Å². The van der Waals surface area contributed by atoms with Crippen LogP contribution >= 0.6 is 0 Å². The van der Waals surface area contributed by atoms with E-state index in [4.69, 9.17) is 4.74 Å². The summed E-state index contributed by atoms with van der Waals surface area (Å²) in [6.45, 7) is 3.16. The minimum absolute atomic E-state index is 0.0166. The molecule has 0 radical (unpaired) electrons. The van der Waals surface area contributed by atoms with Crippen molar-refractivity contribution in [3.05, 3.63) is 47.8 Å². The number of hydrogen-bond donors (Lipinski definition) is 3. The Morgan fingerprint density at radius 1 is 1.04 bits per heavy atom. The first kappa shape index (κ1) is 19.0. The van der Waals surface area contributed by atoms with Crippen LogP contribution < -0.4 is 20.9 Å². The summed E-state index contributed by atoms with van der Waals surface area (Å²) in [6.07, 6.45) is 0. The second-order valence-corrected chi connectivity index (χ2v) is 5.56.